The van der Waals surface area contributed by atoms with Crippen LogP contribution in [0.25, 0.3) is 11.1 Å². The van der Waals surface area contributed by atoms with Crippen molar-refractivity contribution in [2.75, 3.05) is 26.7 Å². The Bertz CT molecular complexity index is 1030. The van der Waals surface area contributed by atoms with E-state index in [2.05, 4.69) is 51.5 Å². The molecule has 1 fully saturated rings. The van der Waals surface area contributed by atoms with Gasteiger partial charge in [-0.2, -0.15) is 5.10 Å². The topological polar surface area (TPSA) is 72.3 Å². The highest BCUT2D eigenvalue weighted by Crippen LogP contribution is 2.27. The minimum absolute atomic E-state index is 0.0849. The molecule has 0 radical (unpaired) electrons. The van der Waals surface area contributed by atoms with E-state index in [9.17, 15) is 4.79 Å². The molecule has 7 heteroatoms. The molecule has 1 amide bonds. The van der Waals surface area contributed by atoms with Crippen LogP contribution in [0.2, 0.25) is 0 Å². The number of pyridine rings is 1. The molecule has 3 aromatic rings. The molecule has 2 aromatic heterocycles. The van der Waals surface area contributed by atoms with E-state index in [1.54, 1.807) is 19.4 Å². The number of nitrogens with one attached hydrogen (secondary N) is 1. The highest BCUT2D eigenvalue weighted by Gasteiger charge is 2.43. The summed E-state index contributed by atoms with van der Waals surface area (Å²) in [4.78, 5) is 19.3. The maximum atomic E-state index is 13.0. The third-order valence-electron chi connectivity index (χ3n) is 6.09. The lowest BCUT2D eigenvalue weighted by Gasteiger charge is -2.41. The van der Waals surface area contributed by atoms with Crippen molar-refractivity contribution in [1.29, 1.82) is 0 Å². The molecule has 1 atom stereocenters. The second kappa shape index (κ2) is 8.99. The number of benzene rings is 1. The molecule has 4 rings (SSSR count). The van der Waals surface area contributed by atoms with Crippen LogP contribution >= 0.6 is 0 Å². The molecular formula is C24H29N5O2. The molecule has 1 aliphatic heterocycles. The van der Waals surface area contributed by atoms with Crippen LogP contribution in [-0.2, 0) is 29.5 Å². The van der Waals surface area contributed by atoms with E-state index in [1.165, 1.54) is 5.56 Å². The summed E-state index contributed by atoms with van der Waals surface area (Å²) in [5.74, 6) is -0.0849. The number of likely N-dealkylation sites (N-methyl/N-ethyl adjacent to an activating group) is 1. The molecule has 1 aliphatic rings. The largest absolute Gasteiger partial charge is 0.362 e. The van der Waals surface area contributed by atoms with Gasteiger partial charge in [0.1, 0.15) is 0 Å². The first-order valence-corrected chi connectivity index (χ1v) is 10.6. The molecule has 1 aromatic carbocycles. The number of hydrogen-bond acceptors (Lipinski definition) is 5. The number of morpholine rings is 1. The number of carbonyl (C=O) groups excluding carboxylic acids is 1. The summed E-state index contributed by atoms with van der Waals surface area (Å²) in [6.07, 6.45) is 6.01. The van der Waals surface area contributed by atoms with Crippen molar-refractivity contribution in [3.8, 4) is 11.1 Å². The summed E-state index contributed by atoms with van der Waals surface area (Å²) in [5, 5.41) is 7.16. The summed E-state index contributed by atoms with van der Waals surface area (Å²) >= 11 is 0. The van der Waals surface area contributed by atoms with Gasteiger partial charge in [-0.25, -0.2) is 0 Å². The third-order valence-corrected chi connectivity index (χ3v) is 6.09. The van der Waals surface area contributed by atoms with Gasteiger partial charge >= 0.3 is 0 Å². The van der Waals surface area contributed by atoms with E-state index in [4.69, 9.17) is 4.74 Å². The van der Waals surface area contributed by atoms with E-state index < -0.39 is 5.60 Å². The Hall–Kier alpha value is -3.03. The van der Waals surface area contributed by atoms with E-state index in [-0.39, 0.29) is 5.91 Å². The van der Waals surface area contributed by atoms with Crippen LogP contribution in [0.3, 0.4) is 0 Å². The van der Waals surface area contributed by atoms with E-state index >= 15 is 0 Å². The Balaban J connectivity index is 1.53. The van der Waals surface area contributed by atoms with Crippen LogP contribution in [0.15, 0.2) is 55.0 Å². The van der Waals surface area contributed by atoms with Crippen molar-refractivity contribution in [2.45, 2.75) is 25.5 Å². The lowest BCUT2D eigenvalue weighted by molar-refractivity contribution is -0.160. The number of nitrogens with zero attached hydrogens (tertiary/aromatic N) is 4. The lowest BCUT2D eigenvalue weighted by Crippen LogP contribution is -2.60. The predicted octanol–water partition coefficient (Wildman–Crippen LogP) is 2.35. The number of aryl methyl sites for hydroxylation is 1. The van der Waals surface area contributed by atoms with E-state index in [1.807, 2.05) is 30.1 Å². The Morgan fingerprint density at radius 2 is 1.87 bits per heavy atom. The molecular weight excluding hydrogens is 390 g/mol. The van der Waals surface area contributed by atoms with Crippen LogP contribution in [0, 0.1) is 6.92 Å². The van der Waals surface area contributed by atoms with Gasteiger partial charge in [0.05, 0.1) is 12.8 Å². The highest BCUT2D eigenvalue weighted by atomic mass is 16.5. The molecule has 0 spiro atoms. The van der Waals surface area contributed by atoms with Crippen LogP contribution in [0.5, 0.6) is 0 Å². The van der Waals surface area contributed by atoms with Gasteiger partial charge in [-0.3, -0.25) is 19.4 Å². The van der Waals surface area contributed by atoms with Crippen molar-refractivity contribution in [1.82, 2.24) is 25.0 Å². The normalized spacial score (nSPS) is 19.3. The van der Waals surface area contributed by atoms with Crippen LogP contribution < -0.4 is 5.32 Å². The fourth-order valence-corrected chi connectivity index (χ4v) is 4.17. The van der Waals surface area contributed by atoms with Crippen molar-refractivity contribution in [2.24, 2.45) is 7.05 Å². The molecule has 0 aliphatic carbocycles. The third kappa shape index (κ3) is 4.52. The first-order valence-electron chi connectivity index (χ1n) is 10.6. The Morgan fingerprint density at radius 1 is 1.16 bits per heavy atom. The number of ether oxygens (including phenoxy) is 1. The fourth-order valence-electron chi connectivity index (χ4n) is 4.17. The van der Waals surface area contributed by atoms with Gasteiger partial charge in [0.25, 0.3) is 5.91 Å². The van der Waals surface area contributed by atoms with E-state index in [0.717, 1.165) is 35.5 Å². The summed E-state index contributed by atoms with van der Waals surface area (Å²) < 4.78 is 8.04. The van der Waals surface area contributed by atoms with Gasteiger partial charge in [-0.05, 0) is 35.7 Å². The number of aromatic nitrogens is 3. The van der Waals surface area contributed by atoms with Crippen LogP contribution in [-0.4, -0.2) is 57.9 Å². The van der Waals surface area contributed by atoms with Gasteiger partial charge in [-0.15, -0.1) is 0 Å². The zero-order chi connectivity index (χ0) is 21.8. The zero-order valence-electron chi connectivity index (χ0n) is 18.3. The van der Waals surface area contributed by atoms with Crippen molar-refractivity contribution in [3.63, 3.8) is 0 Å². The lowest BCUT2D eigenvalue weighted by atomic mass is 9.90. The standard InChI is InChI=1S/C24H29N5O2/c1-18-22(15-27-28(18)3)16-29-12-13-31-24(17-29,23(30)25-2)14-19-4-6-20(7-5-19)21-8-10-26-11-9-21/h4-11,15H,12-14,16-17H2,1-3H3,(H,25,30). The Labute approximate surface area is 183 Å². The first kappa shape index (κ1) is 21.2. The SMILES string of the molecule is CNC(=O)C1(Cc2ccc(-c3ccncc3)cc2)CN(Cc2cnn(C)c2C)CCO1. The molecule has 31 heavy (non-hydrogen) atoms. The molecule has 162 valence electrons. The van der Waals surface area contributed by atoms with Crippen LogP contribution in [0.1, 0.15) is 16.8 Å². The van der Waals surface area contributed by atoms with Gasteiger partial charge in [-0.1, -0.05) is 24.3 Å². The minimum Gasteiger partial charge on any atom is -0.362 e. The molecule has 1 unspecified atom stereocenters. The second-order valence-electron chi connectivity index (χ2n) is 8.12. The first-order chi connectivity index (χ1) is 15.0. The van der Waals surface area contributed by atoms with Crippen molar-refractivity contribution in [3.05, 3.63) is 71.8 Å². The number of carbonyl (C=O) groups is 1. The highest BCUT2D eigenvalue weighted by molar-refractivity contribution is 5.86. The molecule has 0 bridgehead atoms. The van der Waals surface area contributed by atoms with E-state index in [0.29, 0.717) is 19.6 Å². The minimum atomic E-state index is -0.915. The number of hydrogen-bond donors (Lipinski definition) is 1. The maximum absolute atomic E-state index is 13.0. The van der Waals surface area contributed by atoms with Crippen molar-refractivity contribution < 1.29 is 9.53 Å². The molecule has 1 saturated heterocycles. The van der Waals surface area contributed by atoms with Crippen LogP contribution in [0.4, 0.5) is 0 Å². The summed E-state index contributed by atoms with van der Waals surface area (Å²) in [6.45, 7) is 4.66. The summed E-state index contributed by atoms with van der Waals surface area (Å²) in [5.41, 5.74) is 4.72. The average molecular weight is 420 g/mol. The quantitative estimate of drug-likeness (QED) is 0.664. The fraction of sp³-hybridized carbons (Fsp3) is 0.375. The maximum Gasteiger partial charge on any atom is 0.253 e. The predicted molar refractivity (Wildman–Crippen MR) is 119 cm³/mol. The summed E-state index contributed by atoms with van der Waals surface area (Å²) in [7, 11) is 3.62. The molecule has 7 nitrogen and oxygen atoms in total. The zero-order valence-corrected chi connectivity index (χ0v) is 18.3. The molecule has 3 heterocycles. The Morgan fingerprint density at radius 3 is 2.52 bits per heavy atom. The van der Waals surface area contributed by atoms with Gasteiger partial charge in [0.15, 0.2) is 5.60 Å². The molecule has 1 N–H and O–H groups in total. The van der Waals surface area contributed by atoms with Gasteiger partial charge in [0, 0.05) is 63.8 Å². The molecule has 0 saturated carbocycles. The van der Waals surface area contributed by atoms with Gasteiger partial charge < -0.3 is 10.1 Å². The smallest absolute Gasteiger partial charge is 0.253 e. The second-order valence-corrected chi connectivity index (χ2v) is 8.12. The average Bonchev–Trinajstić information content (AvgIpc) is 3.12. The van der Waals surface area contributed by atoms with Gasteiger partial charge in [0.2, 0.25) is 0 Å². The number of rotatable bonds is 6. The number of amides is 1. The Kier molecular flexibility index (Phi) is 6.15. The monoisotopic (exact) mass is 419 g/mol. The van der Waals surface area contributed by atoms with Crippen molar-refractivity contribution >= 4 is 5.91 Å². The summed E-state index contributed by atoms with van der Waals surface area (Å²) in [6, 6.07) is 12.3.